The van der Waals surface area contributed by atoms with Crippen LogP contribution < -0.4 is 26.3 Å². The lowest BCUT2D eigenvalue weighted by Gasteiger charge is -2.57. The Morgan fingerprint density at radius 1 is 1.15 bits per heavy atom. The average molecular weight is 535 g/mol. The molecule has 3 aliphatic rings. The van der Waals surface area contributed by atoms with E-state index < -0.39 is 11.5 Å². The molecule has 0 radical (unpaired) electrons. The fourth-order valence-corrected chi connectivity index (χ4v) is 5.71. The smallest absolute Gasteiger partial charge is 0.255 e. The van der Waals surface area contributed by atoms with E-state index in [1.807, 2.05) is 19.1 Å². The summed E-state index contributed by atoms with van der Waals surface area (Å²) in [6.07, 6.45) is 6.88. The fourth-order valence-electron chi connectivity index (χ4n) is 5.71. The maximum atomic E-state index is 13.1. The molecule has 0 atom stereocenters. The SMILES string of the molecule is Cc1ccc(OC2CC3(CC(NC(=O)C(=CN)c4ccc(OCC(C)(C)O)c(C5CC5)n4)C3)C2)c(C(N)=O)c1. The van der Waals surface area contributed by atoms with Gasteiger partial charge in [0.25, 0.3) is 11.8 Å². The lowest BCUT2D eigenvalue weighted by atomic mass is 9.53. The van der Waals surface area contributed by atoms with Crippen LogP contribution in [-0.4, -0.2) is 46.3 Å². The first-order valence-corrected chi connectivity index (χ1v) is 13.6. The van der Waals surface area contributed by atoms with Crippen molar-refractivity contribution < 1.29 is 24.2 Å². The topological polar surface area (TPSA) is 150 Å². The van der Waals surface area contributed by atoms with Crippen molar-refractivity contribution >= 4 is 17.4 Å². The van der Waals surface area contributed by atoms with Crippen LogP contribution >= 0.6 is 0 Å². The van der Waals surface area contributed by atoms with Gasteiger partial charge in [0.05, 0.1) is 34.2 Å². The van der Waals surface area contributed by atoms with Gasteiger partial charge in [-0.15, -0.1) is 0 Å². The van der Waals surface area contributed by atoms with Crippen molar-refractivity contribution in [2.75, 3.05) is 6.61 Å². The highest BCUT2D eigenvalue weighted by atomic mass is 16.5. The van der Waals surface area contributed by atoms with E-state index in [9.17, 15) is 14.7 Å². The van der Waals surface area contributed by atoms with Crippen molar-refractivity contribution in [3.05, 3.63) is 59.0 Å². The van der Waals surface area contributed by atoms with E-state index >= 15 is 0 Å². The Hall–Kier alpha value is -3.59. The lowest BCUT2D eigenvalue weighted by Crippen LogP contribution is -2.58. The number of primary amides is 1. The maximum absolute atomic E-state index is 13.1. The molecule has 6 N–H and O–H groups in total. The molecule has 5 rings (SSSR count). The third-order valence-corrected chi connectivity index (χ3v) is 7.83. The highest BCUT2D eigenvalue weighted by Gasteiger charge is 2.54. The molecule has 0 unspecified atom stereocenters. The molecule has 1 aromatic heterocycles. The number of ether oxygens (including phenoxy) is 2. The number of aliphatic hydroxyl groups is 1. The molecule has 0 bridgehead atoms. The Bertz CT molecular complexity index is 1300. The number of hydrogen-bond donors (Lipinski definition) is 4. The summed E-state index contributed by atoms with van der Waals surface area (Å²) in [4.78, 5) is 29.7. The third-order valence-electron chi connectivity index (χ3n) is 7.83. The van der Waals surface area contributed by atoms with Crippen molar-refractivity contribution in [3.63, 3.8) is 0 Å². The average Bonchev–Trinajstić information content (AvgIpc) is 3.66. The molecule has 208 valence electrons. The van der Waals surface area contributed by atoms with Gasteiger partial charge >= 0.3 is 0 Å². The zero-order valence-corrected chi connectivity index (χ0v) is 22.8. The number of aromatic nitrogens is 1. The summed E-state index contributed by atoms with van der Waals surface area (Å²) in [6.45, 7) is 5.45. The van der Waals surface area contributed by atoms with Crippen LogP contribution in [0.3, 0.4) is 0 Å². The van der Waals surface area contributed by atoms with Crippen LogP contribution in [0.4, 0.5) is 0 Å². The van der Waals surface area contributed by atoms with Crippen molar-refractivity contribution in [2.24, 2.45) is 16.9 Å². The van der Waals surface area contributed by atoms with E-state index in [4.69, 9.17) is 25.9 Å². The number of nitrogens with zero attached hydrogens (tertiary/aromatic N) is 1. The number of pyridine rings is 1. The van der Waals surface area contributed by atoms with Gasteiger partial charge in [0.2, 0.25) is 0 Å². The molecule has 0 saturated heterocycles. The molecule has 0 aliphatic heterocycles. The van der Waals surface area contributed by atoms with Crippen LogP contribution in [0.15, 0.2) is 36.5 Å². The van der Waals surface area contributed by atoms with Gasteiger partial charge in [0.1, 0.15) is 18.1 Å². The number of aryl methyl sites for hydroxylation is 1. The summed E-state index contributed by atoms with van der Waals surface area (Å²) in [5, 5.41) is 13.1. The first-order valence-electron chi connectivity index (χ1n) is 13.6. The number of hydrogen-bond acceptors (Lipinski definition) is 7. The number of carbonyl (C=O) groups is 2. The first kappa shape index (κ1) is 27.0. The minimum Gasteiger partial charge on any atom is -0.490 e. The van der Waals surface area contributed by atoms with Gasteiger partial charge in [0, 0.05) is 18.2 Å². The van der Waals surface area contributed by atoms with E-state index in [2.05, 4.69) is 5.32 Å². The molecule has 9 nitrogen and oxygen atoms in total. The van der Waals surface area contributed by atoms with E-state index in [0.29, 0.717) is 34.2 Å². The highest BCUT2D eigenvalue weighted by Crippen LogP contribution is 2.57. The van der Waals surface area contributed by atoms with Crippen LogP contribution in [0.1, 0.15) is 85.6 Å². The second-order valence-corrected chi connectivity index (χ2v) is 12.1. The van der Waals surface area contributed by atoms with Gasteiger partial charge in [-0.05, 0) is 89.0 Å². The molecule has 9 heteroatoms. The normalized spacial score (nSPS) is 24.5. The van der Waals surface area contributed by atoms with Crippen LogP contribution in [0.25, 0.3) is 5.57 Å². The molecular weight excluding hydrogens is 496 g/mol. The van der Waals surface area contributed by atoms with Crippen molar-refractivity contribution in [3.8, 4) is 11.5 Å². The molecular formula is C30H38N4O5. The van der Waals surface area contributed by atoms with E-state index in [1.54, 1.807) is 32.0 Å². The maximum Gasteiger partial charge on any atom is 0.255 e. The Morgan fingerprint density at radius 3 is 2.46 bits per heavy atom. The lowest BCUT2D eigenvalue weighted by molar-refractivity contribution is -0.122. The standard InChI is InChI=1S/C30H38N4O5/c1-17-4-8-24(21(10-17)27(32)35)39-20-13-30(14-20)11-19(12-30)33-28(36)22(15-31)23-7-9-25(38-16-29(2,3)37)26(34-23)18-5-6-18/h4,7-10,15,18-20,37H,5-6,11-14,16,31H2,1-3H3,(H2,32,35)(H,33,36). The van der Waals surface area contributed by atoms with Crippen LogP contribution in [0, 0.1) is 12.3 Å². The number of rotatable bonds is 10. The van der Waals surface area contributed by atoms with Gasteiger partial charge in [-0.25, -0.2) is 4.98 Å². The molecule has 2 amide bonds. The van der Waals surface area contributed by atoms with Gasteiger partial charge in [-0.3, -0.25) is 9.59 Å². The second kappa shape index (κ2) is 10.2. The number of benzene rings is 1. The predicted molar refractivity (Wildman–Crippen MR) is 147 cm³/mol. The van der Waals surface area contributed by atoms with E-state index in [1.165, 1.54) is 6.20 Å². The molecule has 3 fully saturated rings. The van der Waals surface area contributed by atoms with Crippen molar-refractivity contribution in [1.82, 2.24) is 10.3 Å². The predicted octanol–water partition coefficient (Wildman–Crippen LogP) is 3.32. The summed E-state index contributed by atoms with van der Waals surface area (Å²) in [5.74, 6) is 0.728. The Balaban J connectivity index is 1.15. The van der Waals surface area contributed by atoms with Gasteiger partial charge in [-0.1, -0.05) is 11.6 Å². The Morgan fingerprint density at radius 2 is 1.85 bits per heavy atom. The molecule has 2 aromatic rings. The van der Waals surface area contributed by atoms with E-state index in [-0.39, 0.29) is 30.1 Å². The monoisotopic (exact) mass is 534 g/mol. The summed E-state index contributed by atoms with van der Waals surface area (Å²) in [6, 6.07) is 9.08. The molecule has 1 heterocycles. The number of nitrogens with two attached hydrogens (primary N) is 2. The molecule has 1 aromatic carbocycles. The van der Waals surface area contributed by atoms with Crippen molar-refractivity contribution in [1.29, 1.82) is 0 Å². The van der Waals surface area contributed by atoms with Crippen LogP contribution in [0.2, 0.25) is 0 Å². The fraction of sp³-hybridized carbons (Fsp3) is 0.500. The second-order valence-electron chi connectivity index (χ2n) is 12.1. The third kappa shape index (κ3) is 6.03. The Kier molecular flexibility index (Phi) is 7.05. The molecule has 3 aliphatic carbocycles. The van der Waals surface area contributed by atoms with Gasteiger partial charge in [-0.2, -0.15) is 0 Å². The highest BCUT2D eigenvalue weighted by molar-refractivity contribution is 6.19. The number of nitrogens with one attached hydrogen (secondary N) is 1. The van der Waals surface area contributed by atoms with Gasteiger partial charge in [0.15, 0.2) is 0 Å². The van der Waals surface area contributed by atoms with Crippen LogP contribution in [0.5, 0.6) is 11.5 Å². The number of carbonyl (C=O) groups excluding carboxylic acids is 2. The zero-order valence-electron chi connectivity index (χ0n) is 22.8. The molecule has 39 heavy (non-hydrogen) atoms. The summed E-state index contributed by atoms with van der Waals surface area (Å²) in [7, 11) is 0. The van der Waals surface area contributed by atoms with Crippen molar-refractivity contribution in [2.45, 2.75) is 83.0 Å². The van der Waals surface area contributed by atoms with E-state index in [0.717, 1.165) is 49.8 Å². The minimum absolute atomic E-state index is 0.0316. The number of amides is 2. The summed E-state index contributed by atoms with van der Waals surface area (Å²) in [5.41, 5.74) is 13.6. The molecule has 3 saturated carbocycles. The first-order chi connectivity index (χ1) is 18.4. The summed E-state index contributed by atoms with van der Waals surface area (Å²) < 4.78 is 11.9. The zero-order chi connectivity index (χ0) is 27.9. The quantitative estimate of drug-likeness (QED) is 0.342. The minimum atomic E-state index is -0.957. The van der Waals surface area contributed by atoms with Crippen LogP contribution in [-0.2, 0) is 4.79 Å². The molecule has 1 spiro atoms. The Labute approximate surface area is 229 Å². The van der Waals surface area contributed by atoms with Gasteiger partial charge < -0.3 is 31.4 Å². The summed E-state index contributed by atoms with van der Waals surface area (Å²) >= 11 is 0. The largest absolute Gasteiger partial charge is 0.490 e.